The van der Waals surface area contributed by atoms with E-state index in [9.17, 15) is 4.79 Å². The molecule has 0 aromatic rings. The minimum Gasteiger partial charge on any atom is -0.374 e. The number of carbonyl (C=O) groups is 1. The van der Waals surface area contributed by atoms with Gasteiger partial charge in [0, 0.05) is 32.6 Å². The first-order valence-corrected chi connectivity index (χ1v) is 12.1. The summed E-state index contributed by atoms with van der Waals surface area (Å²) >= 11 is 0. The normalized spacial score (nSPS) is 15.8. The van der Waals surface area contributed by atoms with Crippen LogP contribution in [0.25, 0.3) is 0 Å². The Hall–Kier alpha value is -2.03. The molecule has 0 aliphatic carbocycles. The average Bonchev–Trinajstić information content (AvgIpc) is 2.73. The van der Waals surface area contributed by atoms with Gasteiger partial charge in [-0.2, -0.15) is 0 Å². The van der Waals surface area contributed by atoms with Crippen LogP contribution in [0, 0.1) is 0 Å². The highest BCUT2D eigenvalue weighted by Crippen LogP contribution is 2.14. The quantitative estimate of drug-likeness (QED) is 0.291. The van der Waals surface area contributed by atoms with E-state index < -0.39 is 0 Å². The van der Waals surface area contributed by atoms with Crippen LogP contribution in [-0.2, 0) is 4.79 Å². The lowest BCUT2D eigenvalue weighted by Crippen LogP contribution is -2.46. The van der Waals surface area contributed by atoms with E-state index in [0.29, 0.717) is 6.42 Å². The molecule has 1 fully saturated rings. The third-order valence-corrected chi connectivity index (χ3v) is 5.93. The molecular weight excluding hydrogens is 380 g/mol. The van der Waals surface area contributed by atoms with Gasteiger partial charge in [-0.1, -0.05) is 53.2 Å². The van der Waals surface area contributed by atoms with Crippen LogP contribution >= 0.6 is 0 Å². The van der Waals surface area contributed by atoms with Crippen molar-refractivity contribution in [2.45, 2.75) is 86.0 Å². The Bertz CT molecular complexity index is 669. The molecule has 1 saturated heterocycles. The number of carbonyl (C=O) groups excluding carboxylic acids is 1. The molecule has 1 amide bonds. The van der Waals surface area contributed by atoms with Gasteiger partial charge in [0.15, 0.2) is 0 Å². The van der Waals surface area contributed by atoms with Gasteiger partial charge in [-0.3, -0.25) is 4.79 Å². The van der Waals surface area contributed by atoms with Crippen LogP contribution in [0.3, 0.4) is 0 Å². The number of piperazine rings is 1. The molecule has 174 valence electrons. The molecule has 31 heavy (non-hydrogen) atoms. The summed E-state index contributed by atoms with van der Waals surface area (Å²) in [6.45, 7) is 18.3. The Balaban J connectivity index is 2.21. The van der Waals surface area contributed by atoms with Gasteiger partial charge >= 0.3 is 0 Å². The van der Waals surface area contributed by atoms with Gasteiger partial charge in [-0.25, -0.2) is 0 Å². The van der Waals surface area contributed by atoms with Crippen molar-refractivity contribution in [2.24, 2.45) is 0 Å². The van der Waals surface area contributed by atoms with E-state index in [4.69, 9.17) is 0 Å². The van der Waals surface area contributed by atoms with Crippen LogP contribution in [0.5, 0.6) is 0 Å². The lowest BCUT2D eigenvalue weighted by atomic mass is 10.0. The highest BCUT2D eigenvalue weighted by molar-refractivity contribution is 5.76. The van der Waals surface area contributed by atoms with Crippen molar-refractivity contribution in [1.82, 2.24) is 9.80 Å². The van der Waals surface area contributed by atoms with Crippen molar-refractivity contribution >= 4 is 5.91 Å². The summed E-state index contributed by atoms with van der Waals surface area (Å²) in [4.78, 5) is 16.5. The molecule has 0 aromatic heterocycles. The van der Waals surface area contributed by atoms with Crippen LogP contribution in [0.2, 0.25) is 0 Å². The molecule has 0 saturated carbocycles. The zero-order valence-corrected chi connectivity index (χ0v) is 20.9. The molecular formula is C28H46N2O. The molecule has 0 unspecified atom stereocenters. The molecule has 0 bridgehead atoms. The van der Waals surface area contributed by atoms with E-state index >= 15 is 0 Å². The van der Waals surface area contributed by atoms with Crippen LogP contribution in [0.1, 0.15) is 86.0 Å². The first-order chi connectivity index (χ1) is 14.8. The lowest BCUT2D eigenvalue weighted by molar-refractivity contribution is -0.132. The predicted molar refractivity (Wildman–Crippen MR) is 136 cm³/mol. The molecule has 3 nitrogen and oxygen atoms in total. The van der Waals surface area contributed by atoms with Gasteiger partial charge in [-0.15, -0.1) is 0 Å². The summed E-state index contributed by atoms with van der Waals surface area (Å²) in [7, 11) is 0. The number of hydrogen-bond donors (Lipinski definition) is 0. The van der Waals surface area contributed by atoms with Gasteiger partial charge in [0.05, 0.1) is 0 Å². The van der Waals surface area contributed by atoms with Crippen molar-refractivity contribution in [3.05, 3.63) is 59.4 Å². The zero-order chi connectivity index (χ0) is 23.1. The average molecular weight is 427 g/mol. The van der Waals surface area contributed by atoms with Gasteiger partial charge in [0.2, 0.25) is 5.91 Å². The second-order valence-electron chi connectivity index (χ2n) is 9.19. The number of rotatable bonds is 13. The Kier molecular flexibility index (Phi) is 13.7. The molecule has 0 spiro atoms. The van der Waals surface area contributed by atoms with E-state index in [2.05, 4.69) is 70.4 Å². The van der Waals surface area contributed by atoms with Crippen LogP contribution in [-0.4, -0.2) is 41.9 Å². The number of nitrogens with zero attached hydrogens (tertiary/aromatic N) is 2. The van der Waals surface area contributed by atoms with E-state index in [1.165, 1.54) is 28.7 Å². The van der Waals surface area contributed by atoms with Gasteiger partial charge < -0.3 is 9.80 Å². The van der Waals surface area contributed by atoms with Crippen LogP contribution in [0.15, 0.2) is 59.4 Å². The fourth-order valence-corrected chi connectivity index (χ4v) is 3.74. The molecule has 1 heterocycles. The van der Waals surface area contributed by atoms with Crippen LogP contribution in [0.4, 0.5) is 0 Å². The van der Waals surface area contributed by atoms with Gasteiger partial charge in [0.25, 0.3) is 0 Å². The topological polar surface area (TPSA) is 23.6 Å². The van der Waals surface area contributed by atoms with Crippen molar-refractivity contribution in [2.75, 3.05) is 26.2 Å². The summed E-state index contributed by atoms with van der Waals surface area (Å²) in [6.07, 6.45) is 19.5. The standard InChI is InChI=1S/C28H46N2O/c1-7-29-20-22-30(23-21-29)28(31)19-11-18-27(6)17-10-16-26(5)15-9-14-25(4)13-8-12-24(2)3/h7,12,14,16,18H,1,8-11,13,15,17,19-23H2,2-6H3/b25-14+,26-16?,27-18+. The number of amides is 1. The minimum atomic E-state index is 0.285. The van der Waals surface area contributed by atoms with Crippen LogP contribution < -0.4 is 0 Å². The summed E-state index contributed by atoms with van der Waals surface area (Å²) in [6, 6.07) is 0. The van der Waals surface area contributed by atoms with Gasteiger partial charge in [0.1, 0.15) is 0 Å². The summed E-state index contributed by atoms with van der Waals surface area (Å²) in [5.74, 6) is 0.285. The Morgan fingerprint density at radius 2 is 1.10 bits per heavy atom. The second kappa shape index (κ2) is 15.7. The molecule has 1 rings (SSSR count). The lowest BCUT2D eigenvalue weighted by Gasteiger charge is -2.33. The molecule has 0 atom stereocenters. The smallest absolute Gasteiger partial charge is 0.223 e. The minimum absolute atomic E-state index is 0.285. The van der Waals surface area contributed by atoms with E-state index in [1.807, 2.05) is 11.1 Å². The first kappa shape index (κ1) is 27.0. The Morgan fingerprint density at radius 1 is 0.677 bits per heavy atom. The van der Waals surface area contributed by atoms with Crippen molar-refractivity contribution in [3.63, 3.8) is 0 Å². The fraction of sp³-hybridized carbons (Fsp3) is 0.607. The Labute approximate surface area is 192 Å². The first-order valence-electron chi connectivity index (χ1n) is 12.1. The molecule has 3 heteroatoms. The third-order valence-electron chi connectivity index (χ3n) is 5.93. The van der Waals surface area contributed by atoms with E-state index in [0.717, 1.165) is 64.7 Å². The third kappa shape index (κ3) is 13.1. The monoisotopic (exact) mass is 426 g/mol. The zero-order valence-electron chi connectivity index (χ0n) is 20.9. The maximum atomic E-state index is 12.3. The predicted octanol–water partition coefficient (Wildman–Crippen LogP) is 7.20. The SMILES string of the molecule is C=CN1CCN(C(=O)CC/C=C(\C)CCC=C(C)CC/C=C(\C)CCC=C(C)C)CC1. The molecule has 1 aliphatic heterocycles. The fourth-order valence-electron chi connectivity index (χ4n) is 3.74. The Morgan fingerprint density at radius 3 is 1.52 bits per heavy atom. The summed E-state index contributed by atoms with van der Waals surface area (Å²) < 4.78 is 0. The van der Waals surface area contributed by atoms with Crippen molar-refractivity contribution < 1.29 is 4.79 Å². The molecule has 0 radical (unpaired) electrons. The van der Waals surface area contributed by atoms with E-state index in [-0.39, 0.29) is 5.91 Å². The van der Waals surface area contributed by atoms with Crippen molar-refractivity contribution in [1.29, 1.82) is 0 Å². The van der Waals surface area contributed by atoms with Gasteiger partial charge in [-0.05, 0) is 85.8 Å². The highest BCUT2D eigenvalue weighted by Gasteiger charge is 2.18. The maximum absolute atomic E-state index is 12.3. The summed E-state index contributed by atoms with van der Waals surface area (Å²) in [5.41, 5.74) is 5.78. The number of hydrogen-bond acceptors (Lipinski definition) is 2. The largest absolute Gasteiger partial charge is 0.374 e. The number of allylic oxidation sites excluding steroid dienone is 8. The maximum Gasteiger partial charge on any atom is 0.223 e. The van der Waals surface area contributed by atoms with Crippen molar-refractivity contribution in [3.8, 4) is 0 Å². The highest BCUT2D eigenvalue weighted by atomic mass is 16.2. The summed E-state index contributed by atoms with van der Waals surface area (Å²) in [5, 5.41) is 0. The molecule has 0 aromatic carbocycles. The van der Waals surface area contributed by atoms with E-state index in [1.54, 1.807) is 0 Å². The molecule has 0 N–H and O–H groups in total. The molecule has 1 aliphatic rings. The second-order valence-corrected chi connectivity index (χ2v) is 9.19.